The maximum Gasteiger partial charge on any atom is 0.369 e. The first-order valence-corrected chi connectivity index (χ1v) is 29.4. The summed E-state index contributed by atoms with van der Waals surface area (Å²) in [7, 11) is 0. The first-order valence-electron chi connectivity index (χ1n) is 26.1. The molecule has 0 saturated heterocycles. The van der Waals surface area contributed by atoms with Crippen LogP contribution in [0.25, 0.3) is 30.9 Å². The molecule has 8 aromatic rings. The fraction of sp³-hybridized carbons (Fsp3) is 0.125. The molecule has 0 spiro atoms. The van der Waals surface area contributed by atoms with Gasteiger partial charge in [-0.1, -0.05) is 133 Å². The van der Waals surface area contributed by atoms with E-state index in [-0.39, 0.29) is 60.8 Å². The van der Waals surface area contributed by atoms with Gasteiger partial charge in [0.15, 0.2) is 0 Å². The molecule has 4 aromatic carbocycles. The van der Waals surface area contributed by atoms with Gasteiger partial charge < -0.3 is 28.4 Å². The Kier molecular flexibility index (Phi) is 15.5. The Hall–Kier alpha value is -10.7. The number of allylic oxidation sites excluding steroid dienone is 6. The van der Waals surface area contributed by atoms with Crippen molar-refractivity contribution in [2.45, 2.75) is 37.6 Å². The highest BCUT2D eigenvalue weighted by Gasteiger charge is 2.63. The van der Waals surface area contributed by atoms with Gasteiger partial charge in [0.25, 0.3) is 0 Å². The summed E-state index contributed by atoms with van der Waals surface area (Å²) in [6.45, 7) is -0.990. The average Bonchev–Trinajstić information content (AvgIpc) is 1.49. The summed E-state index contributed by atoms with van der Waals surface area (Å²) < 4.78 is 37.8. The van der Waals surface area contributed by atoms with Crippen molar-refractivity contribution in [1.82, 2.24) is 9.97 Å². The molecule has 2 aliphatic carbocycles. The molecular weight excluding hydrogens is 1170 g/mol. The van der Waals surface area contributed by atoms with Crippen molar-refractivity contribution in [3.63, 3.8) is 0 Å². The predicted octanol–water partition coefficient (Wildman–Crippen LogP) is 12.2. The molecule has 0 fully saturated rings. The van der Waals surface area contributed by atoms with E-state index >= 15 is 19.2 Å². The zero-order valence-electron chi connectivity index (χ0n) is 44.4. The van der Waals surface area contributed by atoms with E-state index in [4.69, 9.17) is 38.4 Å². The lowest BCUT2D eigenvalue weighted by Gasteiger charge is -2.40. The smallest absolute Gasteiger partial charge is 0.369 e. The molecule has 4 aromatic heterocycles. The molecule has 22 heteroatoms. The van der Waals surface area contributed by atoms with Crippen LogP contribution in [0.15, 0.2) is 191 Å². The van der Waals surface area contributed by atoms with Crippen molar-refractivity contribution in [2.24, 2.45) is 21.8 Å². The van der Waals surface area contributed by atoms with E-state index in [1.807, 2.05) is 36.4 Å². The minimum atomic E-state index is -2.65. The van der Waals surface area contributed by atoms with Crippen LogP contribution in [0.1, 0.15) is 43.4 Å². The number of rotatable bonds is 16. The molecule has 2 unspecified atom stereocenters. The maximum atomic E-state index is 15.2. The van der Waals surface area contributed by atoms with Crippen molar-refractivity contribution < 1.29 is 47.6 Å². The molecule has 18 nitrogen and oxygen atoms in total. The molecule has 6 heterocycles. The fourth-order valence-corrected chi connectivity index (χ4v) is 13.8. The first-order chi connectivity index (χ1) is 42.0. The van der Waals surface area contributed by atoms with Crippen molar-refractivity contribution >= 4 is 102 Å². The minimum absolute atomic E-state index is 0.103. The number of aromatic nitrogens is 2. The highest BCUT2D eigenvalue weighted by molar-refractivity contribution is 7.25. The Morgan fingerprint density at radius 3 is 1.06 bits per heavy atom. The number of esters is 4. The molecule has 86 heavy (non-hydrogen) atoms. The highest BCUT2D eigenvalue weighted by Crippen LogP contribution is 2.56. The molecule has 0 bridgehead atoms. The van der Waals surface area contributed by atoms with Crippen LogP contribution in [0, 0.1) is 57.2 Å². The van der Waals surface area contributed by atoms with Gasteiger partial charge in [-0.2, -0.15) is 21.0 Å². The predicted molar refractivity (Wildman–Crippen MR) is 317 cm³/mol. The largest absolute Gasteiger partial charge is 0.458 e. The van der Waals surface area contributed by atoms with E-state index in [1.54, 1.807) is 158 Å². The van der Waals surface area contributed by atoms with E-state index < -0.39 is 46.9 Å². The summed E-state index contributed by atoms with van der Waals surface area (Å²) in [5.41, 5.74) is -2.95. The van der Waals surface area contributed by atoms with Crippen LogP contribution in [-0.2, 0) is 85.2 Å². The Morgan fingerprint density at radius 1 is 0.442 bits per heavy atom. The number of nitrogens with zero attached hydrogens (tertiary/aromatic N) is 8. The maximum absolute atomic E-state index is 15.2. The number of benzene rings is 4. The average molecular weight is 1210 g/mol. The van der Waals surface area contributed by atoms with Gasteiger partial charge in [-0.3, -0.25) is 0 Å². The van der Waals surface area contributed by atoms with E-state index in [0.717, 1.165) is 45.3 Å². The number of fused-ring (bicyclic) bond motifs is 7. The van der Waals surface area contributed by atoms with E-state index in [1.165, 1.54) is 0 Å². The first kappa shape index (κ1) is 55.8. The molecular formula is C64H38N8O10S4. The number of nitriles is 4. The quantitative estimate of drug-likeness (QED) is 0.0376. The molecule has 0 radical (unpaired) electrons. The third kappa shape index (κ3) is 10.7. The third-order valence-electron chi connectivity index (χ3n) is 13.8. The minimum Gasteiger partial charge on any atom is -0.458 e. The van der Waals surface area contributed by atoms with E-state index in [9.17, 15) is 21.0 Å². The van der Waals surface area contributed by atoms with Crippen LogP contribution in [0.5, 0.6) is 0 Å². The lowest BCUT2D eigenvalue weighted by atomic mass is 9.76. The summed E-state index contributed by atoms with van der Waals surface area (Å²) >= 11 is 4.52. The summed E-state index contributed by atoms with van der Waals surface area (Å²) in [6, 6.07) is 49.3. The van der Waals surface area contributed by atoms with Crippen molar-refractivity contribution in [2.75, 3.05) is 0 Å². The Balaban J connectivity index is 1.01. The number of carbonyl (C=O) groups excluding carboxylic acids is 4. The second-order valence-electron chi connectivity index (χ2n) is 19.2. The second kappa shape index (κ2) is 23.9. The number of carbonyl (C=O) groups is 4. The van der Waals surface area contributed by atoms with Crippen LogP contribution in [0.2, 0.25) is 0 Å². The lowest BCUT2D eigenvalue weighted by molar-refractivity contribution is -0.191. The summed E-state index contributed by atoms with van der Waals surface area (Å²) in [4.78, 5) is 80.8. The Bertz CT molecular complexity index is 3990. The van der Waals surface area contributed by atoms with Gasteiger partial charge in [0.2, 0.25) is 11.4 Å². The van der Waals surface area contributed by atoms with E-state index in [2.05, 4.69) is 9.98 Å². The van der Waals surface area contributed by atoms with Gasteiger partial charge in [-0.15, -0.1) is 45.3 Å². The molecule has 4 aliphatic rings. The zero-order chi connectivity index (χ0) is 59.4. The van der Waals surface area contributed by atoms with Crippen LogP contribution < -0.4 is 0 Å². The summed E-state index contributed by atoms with van der Waals surface area (Å²) in [5, 5.41) is 39.3. The van der Waals surface area contributed by atoms with Gasteiger partial charge in [0.05, 0.1) is 19.5 Å². The zero-order valence-corrected chi connectivity index (χ0v) is 47.7. The second-order valence-corrected chi connectivity index (χ2v) is 23.4. The Morgan fingerprint density at radius 2 is 0.756 bits per heavy atom. The highest BCUT2D eigenvalue weighted by atomic mass is 32.1. The van der Waals surface area contributed by atoms with Gasteiger partial charge in [0.1, 0.15) is 93.6 Å². The standard InChI is InChI=1S/C64H38N8O10S4/c65-29-43(30-66)69-51-23-21-49(83-51)57-71-55-53(85-57)45-25-42-28-48-46(26-41(42)27-47(45)81-63(55,59(73)77-33-37-13-5-1-6-14-37)60(74)78-34-38-15-7-2-8-16-38)54-56(72-58(86-54)50-22-24-52(84-50)70-44(31-67)32-68)64(82-48,61(75)79-35-39-17-9-3-10-18-39)62(76)80-36-40-19-11-4-12-20-40/h1-28,41-42H,33-36H2. The fourth-order valence-electron chi connectivity index (χ4n) is 9.69. The molecule has 12 rings (SSSR count). The third-order valence-corrected chi connectivity index (χ3v) is 18.3. The van der Waals surface area contributed by atoms with Crippen LogP contribution in [0.3, 0.4) is 0 Å². The van der Waals surface area contributed by atoms with Crippen molar-refractivity contribution in [3.8, 4) is 44.0 Å². The van der Waals surface area contributed by atoms with Crippen LogP contribution >= 0.6 is 45.3 Å². The number of thiazole rings is 2. The Labute approximate surface area is 505 Å². The molecule has 2 aliphatic heterocycles. The summed E-state index contributed by atoms with van der Waals surface area (Å²) in [6.07, 6.45) is 7.23. The number of aliphatic imine (C=N–C) groups is 2. The summed E-state index contributed by atoms with van der Waals surface area (Å²) in [5.74, 6) is -5.48. The topological polar surface area (TPSA) is 269 Å². The van der Waals surface area contributed by atoms with Gasteiger partial charge in [-0.25, -0.2) is 39.1 Å². The van der Waals surface area contributed by atoms with Gasteiger partial charge >= 0.3 is 35.1 Å². The van der Waals surface area contributed by atoms with Crippen molar-refractivity contribution in [3.05, 3.63) is 225 Å². The van der Waals surface area contributed by atoms with Crippen LogP contribution in [-0.4, -0.2) is 45.3 Å². The molecule has 0 amide bonds. The van der Waals surface area contributed by atoms with E-state index in [0.29, 0.717) is 72.9 Å². The molecule has 418 valence electrons. The van der Waals surface area contributed by atoms with Gasteiger partial charge in [-0.05, 0) is 58.7 Å². The number of thiophene rings is 2. The SMILES string of the molecule is N#CC(C#N)=Nc1ccc(-c2nc3c(s2)C2=CC4C=C5OC(C(=O)OCc6ccccc6)(C(=O)OCc6ccccc6)c6nc(-c7ccc(N=C(C#N)C#N)s7)sc6C5=CC4C=C2OC3(C(=O)OCc2ccccc2)C(=O)OCc2ccccc2)s1. The number of ether oxygens (including phenoxy) is 6. The molecule has 0 saturated carbocycles. The molecule has 2 atom stereocenters. The number of hydrogen-bond donors (Lipinski definition) is 0. The van der Waals surface area contributed by atoms with Crippen molar-refractivity contribution in [1.29, 1.82) is 21.0 Å². The number of hydrogen-bond acceptors (Lipinski definition) is 22. The molecule has 0 N–H and O–H groups in total. The normalized spacial score (nSPS) is 16.0. The lowest BCUT2D eigenvalue weighted by Crippen LogP contribution is -2.51. The monoisotopic (exact) mass is 1210 g/mol. The van der Waals surface area contributed by atoms with Gasteiger partial charge in [0, 0.05) is 23.0 Å². The van der Waals surface area contributed by atoms with Crippen LogP contribution in [0.4, 0.5) is 10.0 Å².